The normalized spacial score (nSPS) is 13.0. The smallest absolute Gasteiger partial charge is 0.111 e. The molecule has 0 aliphatic heterocycles. The van der Waals surface area contributed by atoms with Crippen LogP contribution < -0.4 is 0 Å². The summed E-state index contributed by atoms with van der Waals surface area (Å²) in [6.45, 7) is 2.92. The van der Waals surface area contributed by atoms with E-state index in [1.165, 1.54) is 5.56 Å². The van der Waals surface area contributed by atoms with Gasteiger partial charge in [0.1, 0.15) is 5.82 Å². The highest BCUT2D eigenvalue weighted by atomic mass is 35.5. The molecule has 1 atom stereocenters. The molecule has 0 radical (unpaired) electrons. The average molecular weight is 299 g/mol. The lowest BCUT2D eigenvalue weighted by atomic mass is 10.2. The largest absolute Gasteiger partial charge is 0.328 e. The van der Waals surface area contributed by atoms with Crippen molar-refractivity contribution in [3.05, 3.63) is 29.6 Å². The molecule has 1 heterocycles. The molecule has 0 saturated carbocycles. The standard InChI is InChI=1S/C14H19ClN2OS/c1-11-4-5-13-12(10-11)16-14(6-7-15)17(13)8-3-9-19(2)18/h4-5,10H,3,6-9H2,1-2H3. The topological polar surface area (TPSA) is 34.9 Å². The number of hydrogen-bond acceptors (Lipinski definition) is 2. The number of imidazole rings is 1. The quantitative estimate of drug-likeness (QED) is 0.769. The number of alkyl halides is 1. The maximum absolute atomic E-state index is 11.2. The summed E-state index contributed by atoms with van der Waals surface area (Å²) in [6.07, 6.45) is 3.41. The van der Waals surface area contributed by atoms with Gasteiger partial charge in [-0.15, -0.1) is 11.6 Å². The Morgan fingerprint density at radius 3 is 2.89 bits per heavy atom. The van der Waals surface area contributed by atoms with E-state index in [4.69, 9.17) is 11.6 Å². The van der Waals surface area contributed by atoms with Crippen LogP contribution in [0.5, 0.6) is 0 Å². The maximum Gasteiger partial charge on any atom is 0.111 e. The van der Waals surface area contributed by atoms with E-state index in [1.54, 1.807) is 6.26 Å². The van der Waals surface area contributed by atoms with Crippen molar-refractivity contribution in [3.63, 3.8) is 0 Å². The van der Waals surface area contributed by atoms with Crippen LogP contribution in [0.15, 0.2) is 18.2 Å². The van der Waals surface area contributed by atoms with Gasteiger partial charge in [0.25, 0.3) is 0 Å². The first kappa shape index (κ1) is 14.5. The van der Waals surface area contributed by atoms with Crippen molar-refractivity contribution >= 4 is 33.4 Å². The summed E-state index contributed by atoms with van der Waals surface area (Å²) in [5.41, 5.74) is 3.38. The molecular weight excluding hydrogens is 280 g/mol. The molecule has 19 heavy (non-hydrogen) atoms. The lowest BCUT2D eigenvalue weighted by Crippen LogP contribution is -2.07. The van der Waals surface area contributed by atoms with E-state index in [1.807, 2.05) is 0 Å². The van der Waals surface area contributed by atoms with Crippen molar-refractivity contribution in [2.75, 3.05) is 17.9 Å². The van der Waals surface area contributed by atoms with E-state index >= 15 is 0 Å². The van der Waals surface area contributed by atoms with Crippen LogP contribution in [0.25, 0.3) is 11.0 Å². The molecule has 104 valence electrons. The van der Waals surface area contributed by atoms with Crippen LogP contribution in [0.4, 0.5) is 0 Å². The van der Waals surface area contributed by atoms with Crippen LogP contribution in [0.2, 0.25) is 0 Å². The fourth-order valence-corrected chi connectivity index (χ4v) is 2.95. The minimum atomic E-state index is -0.735. The SMILES string of the molecule is Cc1ccc2c(c1)nc(CCCl)n2CCCS(C)=O. The number of benzene rings is 1. The Hall–Kier alpha value is -0.870. The molecule has 2 rings (SSSR count). The summed E-state index contributed by atoms with van der Waals surface area (Å²) in [5, 5.41) is 0. The third-order valence-electron chi connectivity index (χ3n) is 3.11. The zero-order valence-corrected chi connectivity index (χ0v) is 12.9. The van der Waals surface area contributed by atoms with Gasteiger partial charge < -0.3 is 4.57 Å². The second kappa shape index (κ2) is 6.53. The number of halogens is 1. The highest BCUT2D eigenvalue weighted by molar-refractivity contribution is 7.84. The summed E-state index contributed by atoms with van der Waals surface area (Å²) in [4.78, 5) is 4.66. The van der Waals surface area contributed by atoms with E-state index < -0.39 is 10.8 Å². The number of fused-ring (bicyclic) bond motifs is 1. The minimum absolute atomic E-state index is 0.571. The number of aryl methyl sites for hydroxylation is 3. The van der Waals surface area contributed by atoms with Crippen molar-refractivity contribution in [1.82, 2.24) is 9.55 Å². The molecule has 3 nitrogen and oxygen atoms in total. The van der Waals surface area contributed by atoms with E-state index in [0.717, 1.165) is 42.0 Å². The fraction of sp³-hybridized carbons (Fsp3) is 0.500. The van der Waals surface area contributed by atoms with Crippen molar-refractivity contribution < 1.29 is 4.21 Å². The van der Waals surface area contributed by atoms with Crippen LogP contribution in [0.1, 0.15) is 17.8 Å². The first-order valence-corrected chi connectivity index (χ1v) is 8.69. The number of aromatic nitrogens is 2. The maximum atomic E-state index is 11.2. The molecule has 0 bridgehead atoms. The Kier molecular flexibility index (Phi) is 4.99. The minimum Gasteiger partial charge on any atom is -0.328 e. The van der Waals surface area contributed by atoms with Gasteiger partial charge in [-0.3, -0.25) is 4.21 Å². The van der Waals surface area contributed by atoms with Gasteiger partial charge in [-0.1, -0.05) is 6.07 Å². The van der Waals surface area contributed by atoms with Gasteiger partial charge in [0.15, 0.2) is 0 Å². The highest BCUT2D eigenvalue weighted by Crippen LogP contribution is 2.19. The lowest BCUT2D eigenvalue weighted by molar-refractivity contribution is 0.650. The van der Waals surface area contributed by atoms with Gasteiger partial charge >= 0.3 is 0 Å². The third-order valence-corrected chi connectivity index (χ3v) is 4.17. The van der Waals surface area contributed by atoms with Gasteiger partial charge in [-0.05, 0) is 31.0 Å². The van der Waals surface area contributed by atoms with E-state index in [9.17, 15) is 4.21 Å². The first-order chi connectivity index (χ1) is 9.11. The number of hydrogen-bond donors (Lipinski definition) is 0. The second-order valence-electron chi connectivity index (χ2n) is 4.74. The molecule has 0 saturated heterocycles. The molecule has 0 N–H and O–H groups in total. The number of nitrogens with zero attached hydrogens (tertiary/aromatic N) is 2. The summed E-state index contributed by atoms with van der Waals surface area (Å²) in [7, 11) is -0.735. The van der Waals surface area contributed by atoms with Crippen molar-refractivity contribution in [2.45, 2.75) is 26.3 Å². The molecule has 1 unspecified atom stereocenters. The molecule has 0 fully saturated rings. The Morgan fingerprint density at radius 2 is 2.21 bits per heavy atom. The number of rotatable bonds is 6. The van der Waals surface area contributed by atoms with Gasteiger partial charge in [-0.2, -0.15) is 0 Å². The van der Waals surface area contributed by atoms with Gasteiger partial charge in [-0.25, -0.2) is 4.98 Å². The summed E-state index contributed by atoms with van der Waals surface area (Å²) in [6, 6.07) is 6.31. The molecule has 0 spiro atoms. The van der Waals surface area contributed by atoms with E-state index in [-0.39, 0.29) is 0 Å². The van der Waals surface area contributed by atoms with Crippen LogP contribution in [-0.2, 0) is 23.8 Å². The fourth-order valence-electron chi connectivity index (χ4n) is 2.24. The zero-order valence-electron chi connectivity index (χ0n) is 11.4. The second-order valence-corrected chi connectivity index (χ2v) is 6.67. The molecular formula is C14H19ClN2OS. The Morgan fingerprint density at radius 1 is 1.42 bits per heavy atom. The monoisotopic (exact) mass is 298 g/mol. The van der Waals surface area contributed by atoms with E-state index in [2.05, 4.69) is 34.7 Å². The predicted molar refractivity (Wildman–Crippen MR) is 82.4 cm³/mol. The molecule has 0 aliphatic carbocycles. The molecule has 1 aromatic heterocycles. The van der Waals surface area contributed by atoms with Gasteiger partial charge in [0, 0.05) is 41.7 Å². The van der Waals surface area contributed by atoms with Gasteiger partial charge in [0.05, 0.1) is 11.0 Å². The van der Waals surface area contributed by atoms with Crippen LogP contribution in [-0.4, -0.2) is 31.6 Å². The zero-order chi connectivity index (χ0) is 13.8. The first-order valence-electron chi connectivity index (χ1n) is 6.43. The third kappa shape index (κ3) is 3.57. The summed E-state index contributed by atoms with van der Waals surface area (Å²) >= 11 is 5.85. The average Bonchev–Trinajstić information content (AvgIpc) is 2.66. The molecule has 0 aliphatic rings. The molecule has 5 heteroatoms. The van der Waals surface area contributed by atoms with Crippen molar-refractivity contribution in [3.8, 4) is 0 Å². The summed E-state index contributed by atoms with van der Waals surface area (Å²) < 4.78 is 13.4. The van der Waals surface area contributed by atoms with Gasteiger partial charge in [0.2, 0.25) is 0 Å². The van der Waals surface area contributed by atoms with Crippen molar-refractivity contribution in [2.24, 2.45) is 0 Å². The highest BCUT2D eigenvalue weighted by Gasteiger charge is 2.10. The Bertz CT molecular complexity index is 594. The predicted octanol–water partition coefficient (Wildman–Crippen LogP) is 2.89. The molecule has 0 amide bonds. The molecule has 1 aromatic carbocycles. The van der Waals surface area contributed by atoms with Crippen LogP contribution in [0, 0.1) is 6.92 Å². The Balaban J connectivity index is 2.31. The lowest BCUT2D eigenvalue weighted by Gasteiger charge is -2.07. The van der Waals surface area contributed by atoms with Crippen LogP contribution in [0.3, 0.4) is 0 Å². The van der Waals surface area contributed by atoms with Crippen molar-refractivity contribution in [1.29, 1.82) is 0 Å². The van der Waals surface area contributed by atoms with E-state index in [0.29, 0.717) is 5.88 Å². The Labute approximate surface area is 121 Å². The molecule has 2 aromatic rings. The summed E-state index contributed by atoms with van der Waals surface area (Å²) in [5.74, 6) is 2.32. The van der Waals surface area contributed by atoms with Crippen LogP contribution >= 0.6 is 11.6 Å².